The van der Waals surface area contributed by atoms with Gasteiger partial charge in [0, 0.05) is 5.69 Å². The van der Waals surface area contributed by atoms with Crippen LogP contribution in [0.4, 0.5) is 18.9 Å². The van der Waals surface area contributed by atoms with E-state index in [1.165, 1.54) is 18.2 Å². The molecule has 1 aromatic carbocycles. The molecule has 3 N–H and O–H groups in total. The van der Waals surface area contributed by atoms with E-state index in [1.54, 1.807) is 6.07 Å². The third kappa shape index (κ3) is 6.83. The van der Waals surface area contributed by atoms with Gasteiger partial charge in [-0.2, -0.15) is 13.2 Å². The number of rotatable bonds is 8. The van der Waals surface area contributed by atoms with Crippen LogP contribution in [0.1, 0.15) is 35.7 Å². The zero-order valence-electron chi connectivity index (χ0n) is 16.1. The minimum atomic E-state index is -4.47. The highest BCUT2D eigenvalue weighted by atomic mass is 19.4. The third-order valence-corrected chi connectivity index (χ3v) is 4.12. The van der Waals surface area contributed by atoms with Gasteiger partial charge in [-0.25, -0.2) is 0 Å². The lowest BCUT2D eigenvalue weighted by atomic mass is 10.2. The fourth-order valence-corrected chi connectivity index (χ4v) is 2.47. The molecule has 2 rings (SSSR count). The first-order valence-corrected chi connectivity index (χ1v) is 9.04. The van der Waals surface area contributed by atoms with E-state index < -0.39 is 23.6 Å². The number of nitrogens with zero attached hydrogens (tertiary/aromatic N) is 1. The fraction of sp³-hybridized carbons (Fsp3) is 0.368. The molecule has 0 fully saturated rings. The van der Waals surface area contributed by atoms with Crippen molar-refractivity contribution in [1.29, 1.82) is 0 Å². The van der Waals surface area contributed by atoms with Gasteiger partial charge in [-0.3, -0.25) is 25.3 Å². The number of hydrogen-bond donors (Lipinski definition) is 3. The molecule has 0 aliphatic carbocycles. The van der Waals surface area contributed by atoms with E-state index in [4.69, 9.17) is 4.42 Å². The van der Waals surface area contributed by atoms with Gasteiger partial charge in [-0.1, -0.05) is 19.9 Å². The average Bonchev–Trinajstić information content (AvgIpc) is 3.17. The molecule has 0 unspecified atom stereocenters. The highest BCUT2D eigenvalue weighted by Crippen LogP contribution is 2.30. The van der Waals surface area contributed by atoms with Crippen LogP contribution in [0.5, 0.6) is 0 Å². The van der Waals surface area contributed by atoms with Crippen LogP contribution in [0.15, 0.2) is 40.8 Å². The Bertz CT molecular complexity index is 832. The molecule has 0 saturated heterocycles. The van der Waals surface area contributed by atoms with Gasteiger partial charge in [0.05, 0.1) is 18.7 Å². The van der Waals surface area contributed by atoms with E-state index in [0.29, 0.717) is 12.3 Å². The van der Waals surface area contributed by atoms with Crippen LogP contribution in [-0.4, -0.2) is 36.3 Å². The Morgan fingerprint density at radius 2 is 1.79 bits per heavy atom. The van der Waals surface area contributed by atoms with Gasteiger partial charge < -0.3 is 9.73 Å². The van der Waals surface area contributed by atoms with E-state index in [2.05, 4.69) is 21.1 Å². The fourth-order valence-electron chi connectivity index (χ4n) is 2.47. The Morgan fingerprint density at radius 3 is 2.45 bits per heavy atom. The van der Waals surface area contributed by atoms with Crippen molar-refractivity contribution in [1.82, 2.24) is 15.8 Å². The minimum absolute atomic E-state index is 0.0401. The standard InChI is InChI=1S/C19H23F3N4O3/c1-3-26(4-2)12-15-8-9-16(29-15)18(28)25-24-17(27)11-23-14-7-5-6-13(10-14)19(20,21)22/h5-10,23H,3-4,11-12H2,1-2H3,(H,24,27)(H,25,28). The molecular formula is C19H23F3N4O3. The largest absolute Gasteiger partial charge is 0.454 e. The highest BCUT2D eigenvalue weighted by molar-refractivity contribution is 5.93. The first-order chi connectivity index (χ1) is 13.7. The van der Waals surface area contributed by atoms with Gasteiger partial charge >= 0.3 is 12.1 Å². The summed E-state index contributed by atoms with van der Waals surface area (Å²) in [6.45, 7) is 5.95. The number of nitrogens with one attached hydrogen (secondary N) is 3. The number of halogens is 3. The van der Waals surface area contributed by atoms with Gasteiger partial charge in [0.1, 0.15) is 5.76 Å². The van der Waals surface area contributed by atoms with Gasteiger partial charge in [-0.05, 0) is 43.4 Å². The van der Waals surface area contributed by atoms with Crippen molar-refractivity contribution in [3.63, 3.8) is 0 Å². The topological polar surface area (TPSA) is 86.6 Å². The molecule has 0 atom stereocenters. The van der Waals surface area contributed by atoms with E-state index in [-0.39, 0.29) is 18.0 Å². The predicted molar refractivity (Wildman–Crippen MR) is 101 cm³/mol. The van der Waals surface area contributed by atoms with Crippen LogP contribution in [0, 0.1) is 0 Å². The van der Waals surface area contributed by atoms with Crippen molar-refractivity contribution in [2.24, 2.45) is 0 Å². The second kappa shape index (κ2) is 9.97. The number of hydrogen-bond acceptors (Lipinski definition) is 5. The molecule has 29 heavy (non-hydrogen) atoms. The quantitative estimate of drug-likeness (QED) is 0.581. The summed E-state index contributed by atoms with van der Waals surface area (Å²) in [6, 6.07) is 7.65. The number of furan rings is 1. The van der Waals surface area contributed by atoms with Crippen molar-refractivity contribution in [2.45, 2.75) is 26.6 Å². The van der Waals surface area contributed by atoms with Crippen LogP contribution in [-0.2, 0) is 17.5 Å². The minimum Gasteiger partial charge on any atom is -0.454 e. The molecule has 0 spiro atoms. The maximum absolute atomic E-state index is 12.7. The number of anilines is 1. The number of carbonyl (C=O) groups is 2. The molecule has 2 amide bonds. The average molecular weight is 412 g/mol. The molecule has 158 valence electrons. The zero-order valence-corrected chi connectivity index (χ0v) is 16.1. The molecule has 1 heterocycles. The second-order valence-corrected chi connectivity index (χ2v) is 6.16. The van der Waals surface area contributed by atoms with Crippen molar-refractivity contribution < 1.29 is 27.2 Å². The number of benzene rings is 1. The lowest BCUT2D eigenvalue weighted by molar-refractivity contribution is -0.137. The normalized spacial score (nSPS) is 11.4. The van der Waals surface area contributed by atoms with Gasteiger partial charge in [-0.15, -0.1) is 0 Å². The van der Waals surface area contributed by atoms with Crippen LogP contribution >= 0.6 is 0 Å². The molecule has 10 heteroatoms. The van der Waals surface area contributed by atoms with E-state index in [9.17, 15) is 22.8 Å². The summed E-state index contributed by atoms with van der Waals surface area (Å²) < 4.78 is 43.5. The smallest absolute Gasteiger partial charge is 0.416 e. The molecule has 1 aromatic heterocycles. The number of alkyl halides is 3. The summed E-state index contributed by atoms with van der Waals surface area (Å²) in [7, 11) is 0. The molecule has 0 radical (unpaired) electrons. The van der Waals surface area contributed by atoms with E-state index >= 15 is 0 Å². The lowest BCUT2D eigenvalue weighted by Gasteiger charge is -2.15. The maximum atomic E-state index is 12.7. The molecule has 7 nitrogen and oxygen atoms in total. The summed E-state index contributed by atoms with van der Waals surface area (Å²) in [5.74, 6) is -0.608. The molecular weight excluding hydrogens is 389 g/mol. The first-order valence-electron chi connectivity index (χ1n) is 9.04. The number of hydrazine groups is 1. The monoisotopic (exact) mass is 412 g/mol. The third-order valence-electron chi connectivity index (χ3n) is 4.12. The Labute approximate surface area is 166 Å². The summed E-state index contributed by atoms with van der Waals surface area (Å²) in [4.78, 5) is 26.0. The predicted octanol–water partition coefficient (Wildman–Crippen LogP) is 3.01. The van der Waals surface area contributed by atoms with Crippen molar-refractivity contribution >= 4 is 17.5 Å². The summed E-state index contributed by atoms with van der Waals surface area (Å²) in [5, 5.41) is 2.57. The number of carbonyl (C=O) groups excluding carboxylic acids is 2. The molecule has 0 saturated carbocycles. The van der Waals surface area contributed by atoms with Crippen LogP contribution in [0.2, 0.25) is 0 Å². The Balaban J connectivity index is 1.81. The van der Waals surface area contributed by atoms with Crippen LogP contribution < -0.4 is 16.2 Å². The summed E-state index contributed by atoms with van der Waals surface area (Å²) in [5.41, 5.74) is 3.68. The maximum Gasteiger partial charge on any atom is 0.416 e. The highest BCUT2D eigenvalue weighted by Gasteiger charge is 2.30. The van der Waals surface area contributed by atoms with Gasteiger partial charge in [0.25, 0.3) is 5.91 Å². The molecule has 2 aromatic rings. The summed E-state index contributed by atoms with van der Waals surface area (Å²) in [6.07, 6.45) is -4.47. The van der Waals surface area contributed by atoms with E-state index in [1.807, 2.05) is 13.8 Å². The summed E-state index contributed by atoms with van der Waals surface area (Å²) >= 11 is 0. The molecule has 0 aliphatic rings. The molecule has 0 bridgehead atoms. The van der Waals surface area contributed by atoms with Crippen molar-refractivity contribution in [3.05, 3.63) is 53.5 Å². The Kier molecular flexibility index (Phi) is 7.66. The van der Waals surface area contributed by atoms with Crippen LogP contribution in [0.3, 0.4) is 0 Å². The molecule has 0 aliphatic heterocycles. The van der Waals surface area contributed by atoms with Crippen LogP contribution in [0.25, 0.3) is 0 Å². The SMILES string of the molecule is CCN(CC)Cc1ccc(C(=O)NNC(=O)CNc2cccc(C(F)(F)F)c2)o1. The lowest BCUT2D eigenvalue weighted by Crippen LogP contribution is -2.44. The Hall–Kier alpha value is -3.01. The van der Waals surface area contributed by atoms with Gasteiger partial charge in [0.2, 0.25) is 0 Å². The zero-order chi connectivity index (χ0) is 21.4. The van der Waals surface area contributed by atoms with Crippen molar-refractivity contribution in [2.75, 3.05) is 25.0 Å². The van der Waals surface area contributed by atoms with Gasteiger partial charge in [0.15, 0.2) is 5.76 Å². The number of amides is 2. The Morgan fingerprint density at radius 1 is 1.07 bits per heavy atom. The second-order valence-electron chi connectivity index (χ2n) is 6.16. The van der Waals surface area contributed by atoms with E-state index in [0.717, 1.165) is 25.2 Å². The van der Waals surface area contributed by atoms with Crippen molar-refractivity contribution in [3.8, 4) is 0 Å². The first kappa shape index (κ1) is 22.3.